The molecule has 0 bridgehead atoms. The highest BCUT2D eigenvalue weighted by atomic mass is 79.9. The molecular formula is C16H17BrN2O. The van der Waals surface area contributed by atoms with Gasteiger partial charge < -0.3 is 10.1 Å². The van der Waals surface area contributed by atoms with Crippen molar-refractivity contribution in [2.75, 3.05) is 0 Å². The molecule has 1 N–H and O–H groups in total. The number of pyridine rings is 1. The van der Waals surface area contributed by atoms with E-state index in [-0.39, 0.29) is 0 Å². The van der Waals surface area contributed by atoms with Crippen LogP contribution in [-0.4, -0.2) is 11.0 Å². The first-order valence-electron chi connectivity index (χ1n) is 6.86. The minimum atomic E-state index is 0.486. The van der Waals surface area contributed by atoms with Crippen LogP contribution < -0.4 is 10.1 Å². The van der Waals surface area contributed by atoms with Crippen molar-refractivity contribution >= 4 is 15.9 Å². The molecule has 0 radical (unpaired) electrons. The van der Waals surface area contributed by atoms with Crippen LogP contribution in [0.25, 0.3) is 0 Å². The van der Waals surface area contributed by atoms with Crippen molar-refractivity contribution in [2.45, 2.75) is 32.0 Å². The number of nitrogens with zero attached hydrogens (tertiary/aromatic N) is 1. The second-order valence-corrected chi connectivity index (χ2v) is 5.85. The lowest BCUT2D eigenvalue weighted by molar-refractivity contribution is 0.295. The van der Waals surface area contributed by atoms with Gasteiger partial charge in [-0.2, -0.15) is 0 Å². The van der Waals surface area contributed by atoms with Crippen molar-refractivity contribution in [3.8, 4) is 5.75 Å². The van der Waals surface area contributed by atoms with E-state index in [9.17, 15) is 0 Å². The van der Waals surface area contributed by atoms with E-state index >= 15 is 0 Å². The number of aromatic nitrogens is 1. The first-order chi connectivity index (χ1) is 9.83. The number of nitrogens with one attached hydrogen (secondary N) is 1. The summed E-state index contributed by atoms with van der Waals surface area (Å²) in [6.07, 6.45) is 4.37. The number of ether oxygens (including phenoxy) is 1. The molecule has 0 saturated heterocycles. The van der Waals surface area contributed by atoms with E-state index in [1.807, 2.05) is 30.3 Å². The zero-order valence-electron chi connectivity index (χ0n) is 11.2. The molecular weight excluding hydrogens is 316 g/mol. The average molecular weight is 333 g/mol. The van der Waals surface area contributed by atoms with E-state index in [4.69, 9.17) is 4.74 Å². The molecule has 3 nitrogen and oxygen atoms in total. The van der Waals surface area contributed by atoms with Crippen molar-refractivity contribution in [2.24, 2.45) is 0 Å². The zero-order chi connectivity index (χ0) is 13.8. The molecule has 0 amide bonds. The number of halogens is 1. The molecule has 1 aliphatic carbocycles. The summed E-state index contributed by atoms with van der Waals surface area (Å²) >= 11 is 3.57. The third-order valence-electron chi connectivity index (χ3n) is 3.30. The predicted molar refractivity (Wildman–Crippen MR) is 82.6 cm³/mol. The topological polar surface area (TPSA) is 34.1 Å². The first kappa shape index (κ1) is 13.6. The highest BCUT2D eigenvalue weighted by Gasteiger charge is 2.21. The van der Waals surface area contributed by atoms with Crippen LogP contribution in [-0.2, 0) is 13.2 Å². The molecule has 1 aromatic heterocycles. The third kappa shape index (κ3) is 3.58. The molecule has 0 aliphatic heterocycles. The Morgan fingerprint density at radius 1 is 1.20 bits per heavy atom. The number of rotatable bonds is 6. The first-order valence-corrected chi connectivity index (χ1v) is 7.66. The van der Waals surface area contributed by atoms with Crippen molar-refractivity contribution in [3.63, 3.8) is 0 Å². The Labute approximate surface area is 127 Å². The summed E-state index contributed by atoms with van der Waals surface area (Å²) in [6, 6.07) is 12.7. The summed E-state index contributed by atoms with van der Waals surface area (Å²) < 4.78 is 6.95. The van der Waals surface area contributed by atoms with E-state index in [1.54, 1.807) is 6.20 Å². The molecule has 1 heterocycles. The van der Waals surface area contributed by atoms with Gasteiger partial charge in [-0.1, -0.05) is 18.2 Å². The van der Waals surface area contributed by atoms with Crippen molar-refractivity contribution in [1.29, 1.82) is 0 Å². The van der Waals surface area contributed by atoms with E-state index in [1.165, 1.54) is 18.4 Å². The van der Waals surface area contributed by atoms with Crippen molar-refractivity contribution < 1.29 is 4.74 Å². The molecule has 1 saturated carbocycles. The fourth-order valence-corrected chi connectivity index (χ4v) is 2.55. The highest BCUT2D eigenvalue weighted by Crippen LogP contribution is 2.30. The minimum Gasteiger partial charge on any atom is -0.486 e. The van der Waals surface area contributed by atoms with Gasteiger partial charge in [0.2, 0.25) is 0 Å². The van der Waals surface area contributed by atoms with Gasteiger partial charge in [0.05, 0.1) is 10.2 Å². The molecule has 1 fully saturated rings. The van der Waals surface area contributed by atoms with Crippen LogP contribution in [0.2, 0.25) is 0 Å². The lowest BCUT2D eigenvalue weighted by Gasteiger charge is -2.13. The number of hydrogen-bond donors (Lipinski definition) is 1. The standard InChI is InChI=1S/C16H17BrN2O/c17-15-6-3-4-12(10-19-13-7-8-13)16(15)20-11-14-5-1-2-9-18-14/h1-6,9,13,19H,7-8,10-11H2. The maximum Gasteiger partial charge on any atom is 0.138 e. The number of hydrogen-bond acceptors (Lipinski definition) is 3. The number of para-hydroxylation sites is 1. The lowest BCUT2D eigenvalue weighted by Crippen LogP contribution is -2.16. The highest BCUT2D eigenvalue weighted by molar-refractivity contribution is 9.10. The summed E-state index contributed by atoms with van der Waals surface area (Å²) in [5.41, 5.74) is 2.12. The molecule has 3 rings (SSSR count). The molecule has 1 aliphatic rings. The molecule has 0 unspecified atom stereocenters. The van der Waals surface area contributed by atoms with Gasteiger partial charge in [-0.3, -0.25) is 4.98 Å². The van der Waals surface area contributed by atoms with E-state index in [0.29, 0.717) is 12.6 Å². The Hall–Kier alpha value is -1.39. The second-order valence-electron chi connectivity index (χ2n) is 4.99. The third-order valence-corrected chi connectivity index (χ3v) is 3.92. The van der Waals surface area contributed by atoms with Gasteiger partial charge in [-0.25, -0.2) is 0 Å². The van der Waals surface area contributed by atoms with Crippen LogP contribution in [0.3, 0.4) is 0 Å². The van der Waals surface area contributed by atoms with Crippen molar-refractivity contribution in [1.82, 2.24) is 10.3 Å². The fraction of sp³-hybridized carbons (Fsp3) is 0.312. The maximum absolute atomic E-state index is 5.96. The Morgan fingerprint density at radius 2 is 2.10 bits per heavy atom. The van der Waals surface area contributed by atoms with Crippen LogP contribution in [0, 0.1) is 0 Å². The predicted octanol–water partition coefficient (Wildman–Crippen LogP) is 3.68. The molecule has 4 heteroatoms. The Balaban J connectivity index is 1.69. The summed E-state index contributed by atoms with van der Waals surface area (Å²) in [5, 5.41) is 3.52. The van der Waals surface area contributed by atoms with Crippen LogP contribution >= 0.6 is 15.9 Å². The molecule has 0 atom stereocenters. The smallest absolute Gasteiger partial charge is 0.138 e. The van der Waals surface area contributed by atoms with Gasteiger partial charge in [-0.15, -0.1) is 0 Å². The van der Waals surface area contributed by atoms with E-state index in [0.717, 1.165) is 22.5 Å². The Kier molecular flexibility index (Phi) is 4.33. The van der Waals surface area contributed by atoms with Gasteiger partial charge in [0.15, 0.2) is 0 Å². The van der Waals surface area contributed by atoms with E-state index < -0.39 is 0 Å². The van der Waals surface area contributed by atoms with Crippen LogP contribution in [0.4, 0.5) is 0 Å². The zero-order valence-corrected chi connectivity index (χ0v) is 12.8. The summed E-state index contributed by atoms with van der Waals surface area (Å²) in [5.74, 6) is 0.909. The minimum absolute atomic E-state index is 0.486. The largest absolute Gasteiger partial charge is 0.486 e. The monoisotopic (exact) mass is 332 g/mol. The fourth-order valence-electron chi connectivity index (χ4n) is 2.03. The van der Waals surface area contributed by atoms with Gasteiger partial charge in [0.1, 0.15) is 12.4 Å². The maximum atomic E-state index is 5.96. The summed E-state index contributed by atoms with van der Waals surface area (Å²) in [4.78, 5) is 4.28. The van der Waals surface area contributed by atoms with Gasteiger partial charge in [-0.05, 0) is 47.0 Å². The quantitative estimate of drug-likeness (QED) is 0.876. The van der Waals surface area contributed by atoms with Crippen LogP contribution in [0.1, 0.15) is 24.1 Å². The molecule has 1 aromatic carbocycles. The molecule has 0 spiro atoms. The normalized spacial score (nSPS) is 14.2. The SMILES string of the molecule is Brc1cccc(CNC2CC2)c1OCc1ccccn1. The van der Waals surface area contributed by atoms with E-state index in [2.05, 4.69) is 32.3 Å². The van der Waals surface area contributed by atoms with Gasteiger partial charge in [0.25, 0.3) is 0 Å². The van der Waals surface area contributed by atoms with Crippen LogP contribution in [0.5, 0.6) is 5.75 Å². The number of benzene rings is 1. The van der Waals surface area contributed by atoms with Crippen molar-refractivity contribution in [3.05, 3.63) is 58.3 Å². The van der Waals surface area contributed by atoms with Gasteiger partial charge >= 0.3 is 0 Å². The van der Waals surface area contributed by atoms with Gasteiger partial charge in [0, 0.05) is 24.3 Å². The molecule has 104 valence electrons. The second kappa shape index (κ2) is 6.37. The molecule has 2 aromatic rings. The van der Waals surface area contributed by atoms with Crippen LogP contribution in [0.15, 0.2) is 47.1 Å². The molecule has 20 heavy (non-hydrogen) atoms. The Bertz CT molecular complexity index is 570. The summed E-state index contributed by atoms with van der Waals surface area (Å²) in [6.45, 7) is 1.33. The average Bonchev–Trinajstić information content (AvgIpc) is 3.29. The summed E-state index contributed by atoms with van der Waals surface area (Å²) in [7, 11) is 0. The Morgan fingerprint density at radius 3 is 2.85 bits per heavy atom. The lowest BCUT2D eigenvalue weighted by atomic mass is 10.2.